The fourth-order valence-corrected chi connectivity index (χ4v) is 2.06. The highest BCUT2D eigenvalue weighted by atomic mass is 19.1. The Labute approximate surface area is 114 Å². The van der Waals surface area contributed by atoms with E-state index in [1.54, 1.807) is 4.90 Å². The number of carbonyl (C=O) groups is 1. The molecule has 106 valence electrons. The maximum atomic E-state index is 13.2. The highest BCUT2D eigenvalue weighted by Gasteiger charge is 2.20. The van der Waals surface area contributed by atoms with Crippen molar-refractivity contribution in [3.8, 4) is 5.75 Å². The van der Waals surface area contributed by atoms with E-state index in [0.29, 0.717) is 19.0 Å². The minimum atomic E-state index is -0.514. The number of halogens is 1. The van der Waals surface area contributed by atoms with Gasteiger partial charge in [-0.05, 0) is 31.0 Å². The molecule has 19 heavy (non-hydrogen) atoms. The van der Waals surface area contributed by atoms with Gasteiger partial charge in [0.1, 0.15) is 11.6 Å². The molecule has 1 N–H and O–H groups in total. The van der Waals surface area contributed by atoms with Crippen LogP contribution in [0.2, 0.25) is 0 Å². The SMILES string of the molecule is CCC(CC)CN(CC)C(=O)c1cc(F)ccc1O. The van der Waals surface area contributed by atoms with E-state index < -0.39 is 5.82 Å². The predicted molar refractivity (Wildman–Crippen MR) is 73.7 cm³/mol. The number of aromatic hydroxyl groups is 1. The normalized spacial score (nSPS) is 10.8. The molecule has 0 bridgehead atoms. The number of rotatable bonds is 6. The van der Waals surface area contributed by atoms with E-state index in [4.69, 9.17) is 0 Å². The molecule has 0 aromatic heterocycles. The molecule has 0 heterocycles. The van der Waals surface area contributed by atoms with Gasteiger partial charge in [-0.3, -0.25) is 4.79 Å². The van der Waals surface area contributed by atoms with Crippen LogP contribution in [-0.2, 0) is 0 Å². The minimum Gasteiger partial charge on any atom is -0.507 e. The van der Waals surface area contributed by atoms with Gasteiger partial charge in [-0.25, -0.2) is 4.39 Å². The Kier molecular flexibility index (Phi) is 5.80. The first-order valence-electron chi connectivity index (χ1n) is 6.81. The van der Waals surface area contributed by atoms with Gasteiger partial charge in [0.2, 0.25) is 0 Å². The maximum absolute atomic E-state index is 13.2. The van der Waals surface area contributed by atoms with Crippen LogP contribution in [0.3, 0.4) is 0 Å². The zero-order valence-electron chi connectivity index (χ0n) is 11.8. The van der Waals surface area contributed by atoms with Gasteiger partial charge < -0.3 is 10.0 Å². The van der Waals surface area contributed by atoms with Gasteiger partial charge in [-0.2, -0.15) is 0 Å². The van der Waals surface area contributed by atoms with E-state index in [-0.39, 0.29) is 17.2 Å². The zero-order valence-corrected chi connectivity index (χ0v) is 11.8. The van der Waals surface area contributed by atoms with E-state index in [0.717, 1.165) is 25.0 Å². The second-order valence-electron chi connectivity index (χ2n) is 4.69. The third-order valence-electron chi connectivity index (χ3n) is 3.49. The van der Waals surface area contributed by atoms with E-state index in [9.17, 15) is 14.3 Å². The number of amides is 1. The Morgan fingerprint density at radius 3 is 2.47 bits per heavy atom. The highest BCUT2D eigenvalue weighted by molar-refractivity contribution is 5.96. The summed E-state index contributed by atoms with van der Waals surface area (Å²) >= 11 is 0. The molecule has 0 saturated heterocycles. The Morgan fingerprint density at radius 1 is 1.32 bits per heavy atom. The molecule has 1 amide bonds. The molecule has 1 rings (SSSR count). The average Bonchev–Trinajstić information content (AvgIpc) is 2.42. The third kappa shape index (κ3) is 3.94. The average molecular weight is 267 g/mol. The standard InChI is InChI=1S/C15H22FNO2/c1-4-11(5-2)10-17(6-3)15(19)13-9-12(16)7-8-14(13)18/h7-9,11,18H,4-6,10H2,1-3H3. The lowest BCUT2D eigenvalue weighted by atomic mass is 10.0. The van der Waals surface area contributed by atoms with Crippen LogP contribution >= 0.6 is 0 Å². The van der Waals surface area contributed by atoms with E-state index >= 15 is 0 Å². The van der Waals surface area contributed by atoms with E-state index in [1.807, 2.05) is 6.92 Å². The summed E-state index contributed by atoms with van der Waals surface area (Å²) in [6.45, 7) is 7.25. The fraction of sp³-hybridized carbons (Fsp3) is 0.533. The summed E-state index contributed by atoms with van der Waals surface area (Å²) in [5.74, 6) is -0.569. The molecule has 0 aliphatic heterocycles. The summed E-state index contributed by atoms with van der Waals surface area (Å²) in [5, 5.41) is 9.68. The van der Waals surface area contributed by atoms with Crippen molar-refractivity contribution in [1.29, 1.82) is 0 Å². The Morgan fingerprint density at radius 2 is 1.95 bits per heavy atom. The van der Waals surface area contributed by atoms with Gasteiger partial charge in [-0.15, -0.1) is 0 Å². The van der Waals surface area contributed by atoms with Crippen molar-refractivity contribution in [2.24, 2.45) is 5.92 Å². The first kappa shape index (κ1) is 15.5. The number of hydrogen-bond acceptors (Lipinski definition) is 2. The van der Waals surface area contributed by atoms with Crippen molar-refractivity contribution in [2.45, 2.75) is 33.6 Å². The molecule has 0 aliphatic rings. The van der Waals surface area contributed by atoms with Gasteiger partial charge in [0.05, 0.1) is 5.56 Å². The molecular weight excluding hydrogens is 245 g/mol. The van der Waals surface area contributed by atoms with Gasteiger partial charge in [0.15, 0.2) is 0 Å². The summed E-state index contributed by atoms with van der Waals surface area (Å²) in [5.41, 5.74) is 0.0350. The van der Waals surface area contributed by atoms with Gasteiger partial charge in [0, 0.05) is 13.1 Å². The van der Waals surface area contributed by atoms with Gasteiger partial charge >= 0.3 is 0 Å². The van der Waals surface area contributed by atoms with E-state index in [2.05, 4.69) is 13.8 Å². The molecule has 4 heteroatoms. The second kappa shape index (κ2) is 7.12. The Hall–Kier alpha value is -1.58. The van der Waals surface area contributed by atoms with Crippen LogP contribution in [0.5, 0.6) is 5.75 Å². The van der Waals surface area contributed by atoms with Crippen LogP contribution < -0.4 is 0 Å². The molecule has 1 aromatic carbocycles. The molecule has 0 saturated carbocycles. The number of carbonyl (C=O) groups excluding carboxylic acids is 1. The predicted octanol–water partition coefficient (Wildman–Crippen LogP) is 3.43. The number of nitrogens with zero attached hydrogens (tertiary/aromatic N) is 1. The summed E-state index contributed by atoms with van der Waals surface area (Å²) in [4.78, 5) is 14.0. The number of benzene rings is 1. The van der Waals surface area contributed by atoms with Crippen molar-refractivity contribution in [3.63, 3.8) is 0 Å². The first-order chi connectivity index (χ1) is 9.03. The van der Waals surface area contributed by atoms with Crippen LogP contribution in [0.25, 0.3) is 0 Å². The van der Waals surface area contributed by atoms with Crippen molar-refractivity contribution >= 4 is 5.91 Å². The maximum Gasteiger partial charge on any atom is 0.257 e. The lowest BCUT2D eigenvalue weighted by Gasteiger charge is -2.25. The Bertz CT molecular complexity index is 430. The molecule has 0 spiro atoms. The van der Waals surface area contributed by atoms with Crippen molar-refractivity contribution in [2.75, 3.05) is 13.1 Å². The highest BCUT2D eigenvalue weighted by Crippen LogP contribution is 2.21. The van der Waals surface area contributed by atoms with Crippen LogP contribution in [0.15, 0.2) is 18.2 Å². The molecular formula is C15H22FNO2. The van der Waals surface area contributed by atoms with Crippen LogP contribution in [0, 0.1) is 11.7 Å². The first-order valence-corrected chi connectivity index (χ1v) is 6.81. The lowest BCUT2D eigenvalue weighted by molar-refractivity contribution is 0.0731. The summed E-state index contributed by atoms with van der Waals surface area (Å²) in [6, 6.07) is 3.45. The largest absolute Gasteiger partial charge is 0.507 e. The quantitative estimate of drug-likeness (QED) is 0.857. The molecule has 1 aromatic rings. The van der Waals surface area contributed by atoms with Crippen molar-refractivity contribution in [3.05, 3.63) is 29.6 Å². The van der Waals surface area contributed by atoms with E-state index in [1.165, 1.54) is 6.07 Å². The van der Waals surface area contributed by atoms with Crippen molar-refractivity contribution < 1.29 is 14.3 Å². The van der Waals surface area contributed by atoms with Gasteiger partial charge in [0.25, 0.3) is 5.91 Å². The third-order valence-corrected chi connectivity index (χ3v) is 3.49. The lowest BCUT2D eigenvalue weighted by Crippen LogP contribution is -2.35. The monoisotopic (exact) mass is 267 g/mol. The number of phenolic OH excluding ortho intramolecular Hbond substituents is 1. The smallest absolute Gasteiger partial charge is 0.257 e. The second-order valence-corrected chi connectivity index (χ2v) is 4.69. The molecule has 0 unspecified atom stereocenters. The van der Waals surface area contributed by atoms with Crippen molar-refractivity contribution in [1.82, 2.24) is 4.90 Å². The van der Waals surface area contributed by atoms with Crippen LogP contribution in [-0.4, -0.2) is 29.0 Å². The summed E-state index contributed by atoms with van der Waals surface area (Å²) < 4.78 is 13.2. The molecule has 3 nitrogen and oxygen atoms in total. The molecule has 0 atom stereocenters. The summed E-state index contributed by atoms with van der Waals surface area (Å²) in [6.07, 6.45) is 1.99. The topological polar surface area (TPSA) is 40.5 Å². The molecule has 0 radical (unpaired) electrons. The Balaban J connectivity index is 2.92. The zero-order chi connectivity index (χ0) is 14.4. The van der Waals surface area contributed by atoms with Crippen LogP contribution in [0.1, 0.15) is 44.0 Å². The number of hydrogen-bond donors (Lipinski definition) is 1. The summed E-state index contributed by atoms with van der Waals surface area (Å²) in [7, 11) is 0. The molecule has 0 fully saturated rings. The fourth-order valence-electron chi connectivity index (χ4n) is 2.06. The molecule has 0 aliphatic carbocycles. The van der Waals surface area contributed by atoms with Crippen LogP contribution in [0.4, 0.5) is 4.39 Å². The minimum absolute atomic E-state index is 0.0350. The van der Waals surface area contributed by atoms with Gasteiger partial charge in [-0.1, -0.05) is 26.7 Å². The number of phenols is 1.